The molecule has 0 radical (unpaired) electrons. The van der Waals surface area contributed by atoms with E-state index in [9.17, 15) is 0 Å². The Morgan fingerprint density at radius 2 is 2.36 bits per heavy atom. The van der Waals surface area contributed by atoms with Gasteiger partial charge in [0.05, 0.1) is 12.2 Å². The number of nitrogens with zero attached hydrogens (tertiary/aromatic N) is 3. The second-order valence-electron chi connectivity index (χ2n) is 3.34. The molecule has 2 N–H and O–H groups in total. The van der Waals surface area contributed by atoms with Gasteiger partial charge in [-0.25, -0.2) is 10.6 Å². The summed E-state index contributed by atoms with van der Waals surface area (Å²) in [4.78, 5) is 4.49. The van der Waals surface area contributed by atoms with Gasteiger partial charge < -0.3 is 4.74 Å². The largest absolute Gasteiger partial charge is 0.381 e. The molecule has 78 valence electrons. The number of rotatable bonds is 3. The van der Waals surface area contributed by atoms with Crippen molar-refractivity contribution in [2.75, 3.05) is 13.2 Å². The first kappa shape index (κ1) is 9.57. The van der Waals surface area contributed by atoms with Crippen LogP contribution in [-0.2, 0) is 16.2 Å². The first-order valence-electron chi connectivity index (χ1n) is 4.70. The van der Waals surface area contributed by atoms with E-state index < -0.39 is 0 Å². The van der Waals surface area contributed by atoms with Crippen molar-refractivity contribution in [3.8, 4) is 0 Å². The Hall–Kier alpha value is -0.980. The fourth-order valence-corrected chi connectivity index (χ4v) is 1.59. The number of nitrogens with two attached hydrogens (primary N) is 1. The first-order chi connectivity index (χ1) is 6.90. The van der Waals surface area contributed by atoms with E-state index in [0.29, 0.717) is 12.6 Å². The second kappa shape index (κ2) is 4.50. The molecular weight excluding hydrogens is 184 g/mol. The molecule has 0 saturated carbocycles. The van der Waals surface area contributed by atoms with E-state index >= 15 is 0 Å². The Kier molecular flexibility index (Phi) is 3.07. The molecule has 1 fully saturated rings. The van der Waals surface area contributed by atoms with Crippen LogP contribution in [0.2, 0.25) is 0 Å². The topological polar surface area (TPSA) is 75.2 Å². The molecule has 0 aliphatic carbocycles. The SMILES string of the molecule is NOCc1cn(C2CCOCC2)nn1. The highest BCUT2D eigenvalue weighted by atomic mass is 16.6. The van der Waals surface area contributed by atoms with E-state index in [1.54, 1.807) is 0 Å². The van der Waals surface area contributed by atoms with Crippen molar-refractivity contribution in [2.45, 2.75) is 25.5 Å². The average molecular weight is 198 g/mol. The lowest BCUT2D eigenvalue weighted by Crippen LogP contribution is -2.20. The maximum Gasteiger partial charge on any atom is 0.113 e. The van der Waals surface area contributed by atoms with Gasteiger partial charge in [0.2, 0.25) is 0 Å². The van der Waals surface area contributed by atoms with E-state index in [-0.39, 0.29) is 0 Å². The van der Waals surface area contributed by atoms with Crippen LogP contribution in [-0.4, -0.2) is 28.2 Å². The molecule has 6 heteroatoms. The maximum absolute atomic E-state index is 5.27. The zero-order valence-corrected chi connectivity index (χ0v) is 7.93. The Balaban J connectivity index is 2.00. The summed E-state index contributed by atoms with van der Waals surface area (Å²) >= 11 is 0. The van der Waals surface area contributed by atoms with Crippen molar-refractivity contribution in [1.29, 1.82) is 0 Å². The van der Waals surface area contributed by atoms with E-state index in [1.165, 1.54) is 0 Å². The summed E-state index contributed by atoms with van der Waals surface area (Å²) in [6, 6.07) is 0.405. The van der Waals surface area contributed by atoms with Crippen LogP contribution in [0, 0.1) is 0 Å². The smallest absolute Gasteiger partial charge is 0.113 e. The predicted octanol–water partition coefficient (Wildman–Crippen LogP) is 0.0199. The molecule has 0 amide bonds. The van der Waals surface area contributed by atoms with Gasteiger partial charge in [-0.15, -0.1) is 5.10 Å². The van der Waals surface area contributed by atoms with Gasteiger partial charge in [0.15, 0.2) is 0 Å². The summed E-state index contributed by atoms with van der Waals surface area (Å²) < 4.78 is 7.14. The fraction of sp³-hybridized carbons (Fsp3) is 0.750. The summed E-state index contributed by atoms with van der Waals surface area (Å²) in [6.07, 6.45) is 3.86. The standard InChI is InChI=1S/C8H14N4O2/c9-14-6-7-5-12(11-10-7)8-1-3-13-4-2-8/h5,8H,1-4,6,9H2. The van der Waals surface area contributed by atoms with Gasteiger partial charge in [-0.05, 0) is 12.8 Å². The molecule has 14 heavy (non-hydrogen) atoms. The van der Waals surface area contributed by atoms with Crippen LogP contribution in [0.25, 0.3) is 0 Å². The van der Waals surface area contributed by atoms with Crippen LogP contribution < -0.4 is 5.90 Å². The third kappa shape index (κ3) is 2.09. The molecule has 1 aliphatic rings. The molecule has 1 aromatic rings. The fourth-order valence-electron chi connectivity index (χ4n) is 1.59. The highest BCUT2D eigenvalue weighted by Crippen LogP contribution is 2.19. The van der Waals surface area contributed by atoms with Crippen LogP contribution in [0.5, 0.6) is 0 Å². The lowest BCUT2D eigenvalue weighted by atomic mass is 10.1. The van der Waals surface area contributed by atoms with Crippen molar-refractivity contribution in [3.05, 3.63) is 11.9 Å². The molecule has 2 rings (SSSR count). The Morgan fingerprint density at radius 3 is 3.07 bits per heavy atom. The Labute approximate surface area is 81.9 Å². The Morgan fingerprint density at radius 1 is 1.57 bits per heavy atom. The summed E-state index contributed by atoms with van der Waals surface area (Å²) in [5.74, 6) is 4.95. The quantitative estimate of drug-likeness (QED) is 0.693. The maximum atomic E-state index is 5.27. The average Bonchev–Trinajstić information content (AvgIpc) is 2.68. The normalized spacial score (nSPS) is 18.6. The van der Waals surface area contributed by atoms with E-state index in [2.05, 4.69) is 15.1 Å². The molecule has 2 heterocycles. The number of hydrogen-bond donors (Lipinski definition) is 1. The molecule has 0 aromatic carbocycles. The molecule has 1 aromatic heterocycles. The monoisotopic (exact) mass is 198 g/mol. The van der Waals surface area contributed by atoms with Gasteiger partial charge in [0.25, 0.3) is 0 Å². The molecule has 0 spiro atoms. The summed E-state index contributed by atoms with van der Waals surface area (Å²) in [7, 11) is 0. The molecule has 1 aliphatic heterocycles. The van der Waals surface area contributed by atoms with E-state index in [4.69, 9.17) is 10.6 Å². The zero-order chi connectivity index (χ0) is 9.80. The number of ether oxygens (including phenoxy) is 1. The molecule has 0 unspecified atom stereocenters. The summed E-state index contributed by atoms with van der Waals surface area (Å²) in [6.45, 7) is 1.91. The van der Waals surface area contributed by atoms with Crippen LogP contribution in [0.4, 0.5) is 0 Å². The van der Waals surface area contributed by atoms with Gasteiger partial charge in [-0.2, -0.15) is 0 Å². The van der Waals surface area contributed by atoms with Gasteiger partial charge >= 0.3 is 0 Å². The summed E-state index contributed by atoms with van der Waals surface area (Å²) in [5, 5.41) is 7.98. The lowest BCUT2D eigenvalue weighted by Gasteiger charge is -2.21. The molecule has 1 saturated heterocycles. The first-order valence-corrected chi connectivity index (χ1v) is 4.70. The van der Waals surface area contributed by atoms with Gasteiger partial charge in [0, 0.05) is 13.2 Å². The van der Waals surface area contributed by atoms with Crippen molar-refractivity contribution in [2.24, 2.45) is 5.90 Å². The van der Waals surface area contributed by atoms with Gasteiger partial charge in [-0.1, -0.05) is 5.21 Å². The summed E-state index contributed by atoms with van der Waals surface area (Å²) in [5.41, 5.74) is 0.763. The van der Waals surface area contributed by atoms with Crippen molar-refractivity contribution >= 4 is 0 Å². The molecular formula is C8H14N4O2. The van der Waals surface area contributed by atoms with E-state index in [1.807, 2.05) is 10.9 Å². The Bertz CT molecular complexity index is 283. The zero-order valence-electron chi connectivity index (χ0n) is 7.93. The lowest BCUT2D eigenvalue weighted by molar-refractivity contribution is 0.0657. The van der Waals surface area contributed by atoms with Crippen LogP contribution in [0.1, 0.15) is 24.6 Å². The minimum atomic E-state index is 0.309. The van der Waals surface area contributed by atoms with Gasteiger partial charge in [0.1, 0.15) is 12.3 Å². The van der Waals surface area contributed by atoms with Crippen LogP contribution in [0.3, 0.4) is 0 Å². The highest BCUT2D eigenvalue weighted by Gasteiger charge is 2.16. The minimum absolute atomic E-state index is 0.309. The third-order valence-corrected chi connectivity index (χ3v) is 2.35. The predicted molar refractivity (Wildman–Crippen MR) is 48.1 cm³/mol. The van der Waals surface area contributed by atoms with Crippen molar-refractivity contribution in [3.63, 3.8) is 0 Å². The van der Waals surface area contributed by atoms with Crippen molar-refractivity contribution < 1.29 is 9.57 Å². The second-order valence-corrected chi connectivity index (χ2v) is 3.34. The van der Waals surface area contributed by atoms with E-state index in [0.717, 1.165) is 31.7 Å². The van der Waals surface area contributed by atoms with Crippen LogP contribution in [0.15, 0.2) is 6.20 Å². The third-order valence-electron chi connectivity index (χ3n) is 2.35. The highest BCUT2D eigenvalue weighted by molar-refractivity contribution is 4.91. The number of aromatic nitrogens is 3. The number of hydrogen-bond acceptors (Lipinski definition) is 5. The van der Waals surface area contributed by atoms with Crippen LogP contribution >= 0.6 is 0 Å². The molecule has 0 bridgehead atoms. The van der Waals surface area contributed by atoms with Gasteiger partial charge in [-0.3, -0.25) is 4.84 Å². The molecule has 0 atom stereocenters. The molecule has 6 nitrogen and oxygen atoms in total. The van der Waals surface area contributed by atoms with Crippen molar-refractivity contribution in [1.82, 2.24) is 15.0 Å². The minimum Gasteiger partial charge on any atom is -0.381 e.